The van der Waals surface area contributed by atoms with Gasteiger partial charge in [0.1, 0.15) is 17.3 Å². The van der Waals surface area contributed by atoms with Gasteiger partial charge in [0.25, 0.3) is 5.88 Å². The Morgan fingerprint density at radius 3 is 2.45 bits per heavy atom. The number of allylic oxidation sites excluding steroid dienone is 1. The van der Waals surface area contributed by atoms with Crippen LogP contribution in [0.5, 0.6) is 11.6 Å². The number of aliphatic carboxylic acids is 1. The molecule has 4 rings (SSSR count). The summed E-state index contributed by atoms with van der Waals surface area (Å²) in [5, 5.41) is 24.2. The molecule has 0 saturated heterocycles. The van der Waals surface area contributed by atoms with Crippen LogP contribution in [-0.4, -0.2) is 71.9 Å². The first-order valence-electron chi connectivity index (χ1n) is 15.2. The zero-order valence-corrected chi connectivity index (χ0v) is 29.4. The van der Waals surface area contributed by atoms with Gasteiger partial charge >= 0.3 is 5.97 Å². The largest absolute Gasteiger partial charge is 0.497 e. The van der Waals surface area contributed by atoms with E-state index >= 15 is 4.39 Å². The number of methoxy groups -OCH3 is 2. The van der Waals surface area contributed by atoms with Crippen molar-refractivity contribution in [3.63, 3.8) is 0 Å². The van der Waals surface area contributed by atoms with Crippen LogP contribution in [0, 0.1) is 17.1 Å². The van der Waals surface area contributed by atoms with E-state index in [1.165, 1.54) is 30.3 Å². The van der Waals surface area contributed by atoms with Crippen molar-refractivity contribution < 1.29 is 33.9 Å². The highest BCUT2D eigenvalue weighted by Gasteiger charge is 2.37. The molecule has 12 nitrogen and oxygen atoms in total. The van der Waals surface area contributed by atoms with Crippen LogP contribution in [0.15, 0.2) is 71.2 Å². The van der Waals surface area contributed by atoms with Crippen LogP contribution in [0.3, 0.4) is 0 Å². The molecule has 15 heteroatoms. The Morgan fingerprint density at radius 2 is 1.88 bits per heavy atom. The third-order valence-electron chi connectivity index (χ3n) is 7.81. The summed E-state index contributed by atoms with van der Waals surface area (Å²) in [4.78, 5) is 38.5. The summed E-state index contributed by atoms with van der Waals surface area (Å²) < 4.78 is 25.8. The summed E-state index contributed by atoms with van der Waals surface area (Å²) in [7, 11) is 6.56. The number of nitrogens with one attached hydrogen (secondary N) is 2. The number of nitrogens with zero attached hydrogens (tertiary/aromatic N) is 4. The van der Waals surface area contributed by atoms with Crippen molar-refractivity contribution >= 4 is 52.4 Å². The van der Waals surface area contributed by atoms with E-state index in [1.807, 2.05) is 26.0 Å². The minimum atomic E-state index is -1.53. The minimum absolute atomic E-state index is 0.0110. The van der Waals surface area contributed by atoms with Gasteiger partial charge in [-0.1, -0.05) is 55.2 Å². The van der Waals surface area contributed by atoms with Crippen LogP contribution < -0.4 is 25.0 Å². The molecular weight excluding hydrogens is 676 g/mol. The number of carboxylic acids is 1. The van der Waals surface area contributed by atoms with Crippen molar-refractivity contribution in [2.45, 2.75) is 38.9 Å². The van der Waals surface area contributed by atoms with Gasteiger partial charge in [-0.3, -0.25) is 20.8 Å². The number of carbonyl (C=O) groups excluding carboxylic acids is 1. The van der Waals surface area contributed by atoms with E-state index in [2.05, 4.69) is 15.3 Å². The number of halogens is 3. The highest BCUT2D eigenvalue weighted by atomic mass is 35.5. The standard InChI is InChI=1S/C34H38Cl2FN7O5/c1-18(2)29(41-26-15-39-34(43(3)4)42-31(26)49-6)27(28(38)33(46)47)30(20-9-12-23(36)24(37)13-20)40-25-14-21(35)17-44(32(25)45)16-19-7-10-22(48-5)11-8-19/h7-13,15,17-18,25,30,38,40-41H,14,16H2,1-6H3,(H,46,47)/p+1/b29-27+,38-28?. The molecule has 1 aromatic heterocycles. The van der Waals surface area contributed by atoms with Crippen molar-refractivity contribution in [2.24, 2.45) is 5.92 Å². The molecule has 0 spiro atoms. The summed E-state index contributed by atoms with van der Waals surface area (Å²) >= 11 is 12.6. The number of rotatable bonds is 14. The van der Waals surface area contributed by atoms with Gasteiger partial charge in [-0.15, -0.1) is 0 Å². The zero-order chi connectivity index (χ0) is 36.0. The Morgan fingerprint density at radius 1 is 1.18 bits per heavy atom. The molecular formula is C34H39Cl2FN7O5+. The number of hydrogen-bond donors (Lipinski definition) is 4. The molecule has 2 heterocycles. The van der Waals surface area contributed by atoms with E-state index in [0.717, 1.165) is 11.6 Å². The third-order valence-corrected chi connectivity index (χ3v) is 8.37. The number of anilines is 1. The first-order chi connectivity index (χ1) is 23.2. The number of ether oxygens (including phenoxy) is 2. The highest BCUT2D eigenvalue weighted by Crippen LogP contribution is 2.33. The smallest absolute Gasteiger partial charge is 0.354 e. The monoisotopic (exact) mass is 714 g/mol. The van der Waals surface area contributed by atoms with Gasteiger partial charge in [0, 0.05) is 37.7 Å². The maximum Gasteiger partial charge on any atom is 0.354 e. The number of quaternary nitrogens is 1. The van der Waals surface area contributed by atoms with Crippen molar-refractivity contribution in [3.8, 4) is 11.6 Å². The Hall–Kier alpha value is -4.56. The molecule has 0 saturated carbocycles. The van der Waals surface area contributed by atoms with Gasteiger partial charge in [-0.25, -0.2) is 14.2 Å². The molecule has 2 aromatic carbocycles. The molecule has 260 valence electrons. The topological polar surface area (TPSA) is 158 Å². The van der Waals surface area contributed by atoms with E-state index in [9.17, 15) is 14.7 Å². The van der Waals surface area contributed by atoms with Crippen LogP contribution in [0.1, 0.15) is 37.4 Å². The molecule has 0 radical (unpaired) electrons. The predicted octanol–water partition coefficient (Wildman–Crippen LogP) is 4.77. The van der Waals surface area contributed by atoms with Crippen molar-refractivity contribution in [1.29, 1.82) is 5.41 Å². The maximum atomic E-state index is 15.0. The Kier molecular flexibility index (Phi) is 12.3. The van der Waals surface area contributed by atoms with Crippen molar-refractivity contribution in [2.75, 3.05) is 33.2 Å². The second-order valence-corrected chi connectivity index (χ2v) is 12.7. The fourth-order valence-corrected chi connectivity index (χ4v) is 5.72. The Labute approximate surface area is 294 Å². The van der Waals surface area contributed by atoms with Gasteiger partial charge in [-0.05, 0) is 35.4 Å². The number of hydrogen-bond acceptors (Lipinski definition) is 9. The molecule has 5 N–H and O–H groups in total. The van der Waals surface area contributed by atoms with Crippen molar-refractivity contribution in [1.82, 2.24) is 20.2 Å². The molecule has 2 atom stereocenters. The number of nitrogens with two attached hydrogens (primary N) is 1. The van der Waals surface area contributed by atoms with Crippen LogP contribution in [0.2, 0.25) is 5.02 Å². The summed E-state index contributed by atoms with van der Waals surface area (Å²) in [6, 6.07) is 9.06. The average molecular weight is 716 g/mol. The molecule has 0 bridgehead atoms. The average Bonchev–Trinajstić information content (AvgIpc) is 3.07. The van der Waals surface area contributed by atoms with Gasteiger partial charge in [0.05, 0.1) is 49.6 Å². The zero-order valence-electron chi connectivity index (χ0n) is 27.9. The summed E-state index contributed by atoms with van der Waals surface area (Å²) in [6.45, 7) is 3.84. The van der Waals surface area contributed by atoms with Gasteiger partial charge in [-0.2, -0.15) is 4.98 Å². The lowest BCUT2D eigenvalue weighted by atomic mass is 9.88. The first kappa shape index (κ1) is 37.3. The summed E-state index contributed by atoms with van der Waals surface area (Å²) in [6.07, 6.45) is 3.15. The lowest BCUT2D eigenvalue weighted by molar-refractivity contribution is -0.526. The number of aromatic nitrogens is 2. The number of carbonyl (C=O) groups is 2. The minimum Gasteiger partial charge on any atom is -0.497 e. The van der Waals surface area contributed by atoms with Gasteiger partial charge in [0.15, 0.2) is 5.71 Å². The molecule has 1 aliphatic heterocycles. The van der Waals surface area contributed by atoms with Crippen LogP contribution in [0.4, 0.5) is 16.0 Å². The lowest BCUT2D eigenvalue weighted by Crippen LogP contribution is -2.78. The quantitative estimate of drug-likeness (QED) is 0.173. The third kappa shape index (κ3) is 8.92. The fraction of sp³-hybridized carbons (Fsp3) is 0.324. The van der Waals surface area contributed by atoms with Crippen molar-refractivity contribution in [3.05, 3.63) is 93.1 Å². The summed E-state index contributed by atoms with van der Waals surface area (Å²) in [5.74, 6) is -1.76. The maximum absolute atomic E-state index is 15.0. The molecule has 0 fully saturated rings. The molecule has 3 aromatic rings. The number of carboxylic acid groups (broad SMARTS) is 1. The Balaban J connectivity index is 1.85. The van der Waals surface area contributed by atoms with Crippen LogP contribution in [0.25, 0.3) is 0 Å². The normalized spacial score (nSPS) is 15.8. The van der Waals surface area contributed by atoms with E-state index in [1.54, 1.807) is 49.8 Å². The highest BCUT2D eigenvalue weighted by molar-refractivity contribution is 6.41. The number of benzene rings is 2. The van der Waals surface area contributed by atoms with Gasteiger partial charge < -0.3 is 24.4 Å². The fourth-order valence-electron chi connectivity index (χ4n) is 5.33. The Bertz CT molecular complexity index is 1780. The van der Waals surface area contributed by atoms with E-state index < -0.39 is 29.6 Å². The molecule has 49 heavy (non-hydrogen) atoms. The lowest BCUT2D eigenvalue weighted by Gasteiger charge is -2.34. The van der Waals surface area contributed by atoms with E-state index in [4.69, 9.17) is 38.1 Å². The summed E-state index contributed by atoms with van der Waals surface area (Å²) in [5.41, 5.74) is 1.08. The van der Waals surface area contributed by atoms with Crippen LogP contribution in [-0.2, 0) is 16.1 Å². The van der Waals surface area contributed by atoms with Crippen LogP contribution >= 0.6 is 23.2 Å². The van der Waals surface area contributed by atoms with E-state index in [-0.39, 0.29) is 46.8 Å². The number of amides is 1. The van der Waals surface area contributed by atoms with Gasteiger partial charge in [0.2, 0.25) is 17.5 Å². The predicted molar refractivity (Wildman–Crippen MR) is 185 cm³/mol. The second kappa shape index (κ2) is 16.2. The van der Waals surface area contributed by atoms with E-state index in [0.29, 0.717) is 28.1 Å². The molecule has 2 unspecified atom stereocenters. The second-order valence-electron chi connectivity index (χ2n) is 11.8. The molecule has 0 aliphatic carbocycles. The molecule has 1 amide bonds. The first-order valence-corrected chi connectivity index (χ1v) is 16.0. The molecule has 1 aliphatic rings. The SMILES string of the molecule is COc1ccc(CN2C=C(Cl)CC(NC(/C(C(=N)C(=O)O)=C(/[NH2+]c3cnc(N(C)C)nc3OC)C(C)C)c3ccc(Cl)c(F)c3)C2=O)cc1.